The summed E-state index contributed by atoms with van der Waals surface area (Å²) in [5.74, 6) is 0. The number of benzene rings is 15. The number of aromatic nitrogens is 4. The van der Waals surface area contributed by atoms with E-state index in [2.05, 4.69) is 122 Å². The number of hydrogen-bond acceptors (Lipinski definition) is 3. The first-order valence-corrected chi connectivity index (χ1v) is 36.1. The second-order valence-corrected chi connectivity index (χ2v) is 30.3. The average molecular weight is 1370 g/mol. The van der Waals surface area contributed by atoms with Crippen molar-refractivity contribution < 1.29 is 20.9 Å². The molecule has 15 aromatic carbocycles. The molecule has 2 aliphatic heterocycles. The molecule has 20 aromatic rings. The van der Waals surface area contributed by atoms with Gasteiger partial charge in [-0.1, -0.05) is 235 Å². The number of rotatable bonds is 7. The zero-order valence-electron chi connectivity index (χ0n) is 70.8. The molecule has 0 amide bonds. The van der Waals surface area contributed by atoms with Crippen LogP contribution in [0.25, 0.3) is 143 Å². The average Bonchev–Trinajstić information content (AvgIpc) is 1.27. The molecule has 502 valence electrons. The highest BCUT2D eigenvalue weighted by Crippen LogP contribution is 2.53. The lowest BCUT2D eigenvalue weighted by Gasteiger charge is -2.45. The van der Waals surface area contributed by atoms with Gasteiger partial charge in [-0.25, -0.2) is 0 Å². The summed E-state index contributed by atoms with van der Waals surface area (Å²) in [7, 11) is 0. The molecular formula is C98H71BN6O. The minimum atomic E-state index is -0.833. The smallest absolute Gasteiger partial charge is 0.252 e. The van der Waals surface area contributed by atoms with Crippen molar-refractivity contribution in [3.63, 3.8) is 0 Å². The van der Waals surface area contributed by atoms with Gasteiger partial charge in [0.2, 0.25) is 0 Å². The summed E-state index contributed by atoms with van der Waals surface area (Å²) in [6, 6.07) is 80.1. The fraction of sp³-hybridized carbons (Fsp3) is 0.0816. The predicted molar refractivity (Wildman–Crippen MR) is 448 cm³/mol. The fourth-order valence-electron chi connectivity index (χ4n) is 17.2. The molecule has 0 unspecified atom stereocenters. The van der Waals surface area contributed by atoms with Crippen molar-refractivity contribution in [2.75, 3.05) is 9.80 Å². The molecule has 0 aliphatic carbocycles. The second-order valence-electron chi connectivity index (χ2n) is 30.3. The van der Waals surface area contributed by atoms with Crippen LogP contribution in [-0.4, -0.2) is 25.0 Å². The third kappa shape index (κ3) is 8.70. The monoisotopic (exact) mass is 1370 g/mol. The molecule has 106 heavy (non-hydrogen) atoms. The summed E-state index contributed by atoms with van der Waals surface area (Å²) < 4.78 is 140. The summed E-state index contributed by atoms with van der Waals surface area (Å²) in [5.41, 5.74) is 13.5. The number of fused-ring (bicyclic) bond motifs is 19. The molecule has 22 rings (SSSR count). The minimum absolute atomic E-state index is 0.0321. The van der Waals surface area contributed by atoms with E-state index in [4.69, 9.17) is 4.42 Å². The van der Waals surface area contributed by atoms with Crippen LogP contribution in [0.1, 0.15) is 69.1 Å². The van der Waals surface area contributed by atoms with Crippen LogP contribution in [0.15, 0.2) is 326 Å². The molecule has 8 heteroatoms. The minimum Gasteiger partial charge on any atom is -0.456 e. The van der Waals surface area contributed by atoms with Gasteiger partial charge in [0.1, 0.15) is 11.2 Å². The summed E-state index contributed by atoms with van der Waals surface area (Å²) in [6.45, 7) is 10.8. The van der Waals surface area contributed by atoms with Crippen molar-refractivity contribution in [1.29, 1.82) is 0 Å². The fourth-order valence-corrected chi connectivity index (χ4v) is 17.2. The van der Waals surface area contributed by atoms with E-state index in [1.807, 2.05) is 196 Å². The largest absolute Gasteiger partial charge is 0.456 e. The van der Waals surface area contributed by atoms with Gasteiger partial charge >= 0.3 is 0 Å². The van der Waals surface area contributed by atoms with Gasteiger partial charge in [0.25, 0.3) is 6.71 Å². The van der Waals surface area contributed by atoms with E-state index in [0.29, 0.717) is 67.4 Å². The van der Waals surface area contributed by atoms with E-state index in [1.54, 1.807) is 0 Å². The highest BCUT2D eigenvalue weighted by atomic mass is 16.3. The lowest BCUT2D eigenvalue weighted by molar-refractivity contribution is 0.590. The summed E-state index contributed by atoms with van der Waals surface area (Å²) >= 11 is 0. The van der Waals surface area contributed by atoms with E-state index in [1.165, 1.54) is 0 Å². The third-order valence-corrected chi connectivity index (χ3v) is 22.0. The predicted octanol–water partition coefficient (Wildman–Crippen LogP) is 24.3. The maximum atomic E-state index is 11.1. The highest BCUT2D eigenvalue weighted by Gasteiger charge is 2.46. The molecule has 0 saturated heterocycles. The maximum absolute atomic E-state index is 11.1. The topological polar surface area (TPSA) is 39.3 Å². The van der Waals surface area contributed by atoms with Gasteiger partial charge in [0.15, 0.2) is 0 Å². The zero-order valence-corrected chi connectivity index (χ0v) is 58.8. The van der Waals surface area contributed by atoms with Crippen LogP contribution in [-0.2, 0) is 10.8 Å². The van der Waals surface area contributed by atoms with Gasteiger partial charge in [0.05, 0.1) is 72.0 Å². The van der Waals surface area contributed by atoms with Crippen molar-refractivity contribution >= 4 is 166 Å². The van der Waals surface area contributed by atoms with E-state index in [-0.39, 0.29) is 115 Å². The number of furan rings is 1. The Hall–Kier alpha value is -13.0. The number of anilines is 6. The van der Waals surface area contributed by atoms with Crippen LogP contribution in [0.5, 0.6) is 0 Å². The quantitative estimate of drug-likeness (QED) is 0.149. The van der Waals surface area contributed by atoms with E-state index >= 15 is 0 Å². The zero-order chi connectivity index (χ0) is 81.0. The Balaban J connectivity index is 0.976. The molecule has 7 heterocycles. The van der Waals surface area contributed by atoms with Crippen molar-refractivity contribution in [2.45, 2.75) is 52.4 Å². The Kier molecular flexibility index (Phi) is 10.4. The first-order valence-electron chi connectivity index (χ1n) is 42.1. The lowest BCUT2D eigenvalue weighted by Crippen LogP contribution is -2.61. The van der Waals surface area contributed by atoms with Crippen molar-refractivity contribution in [3.8, 4) is 33.9 Å². The molecule has 0 radical (unpaired) electrons. The van der Waals surface area contributed by atoms with Crippen LogP contribution in [0.2, 0.25) is 0 Å². The first kappa shape index (κ1) is 49.6. The normalized spacial score (nSPS) is 14.7. The molecule has 0 N–H and O–H groups in total. The first-order chi connectivity index (χ1) is 56.9. The van der Waals surface area contributed by atoms with E-state index < -0.39 is 29.6 Å². The lowest BCUT2D eigenvalue weighted by atomic mass is 9.33. The Morgan fingerprint density at radius 1 is 0.292 bits per heavy atom. The van der Waals surface area contributed by atoms with Crippen molar-refractivity contribution in [2.24, 2.45) is 0 Å². The number of nitrogens with zero attached hydrogens (tertiary/aromatic N) is 6. The van der Waals surface area contributed by atoms with Crippen LogP contribution in [0.4, 0.5) is 34.1 Å². The molecule has 0 bridgehead atoms. The maximum Gasteiger partial charge on any atom is 0.252 e. The van der Waals surface area contributed by atoms with Crippen LogP contribution >= 0.6 is 0 Å². The van der Waals surface area contributed by atoms with Crippen LogP contribution < -0.4 is 26.2 Å². The van der Waals surface area contributed by atoms with Crippen LogP contribution in [0, 0.1) is 0 Å². The molecule has 0 atom stereocenters. The molecule has 5 aromatic heterocycles. The summed E-state index contributed by atoms with van der Waals surface area (Å²) in [6.07, 6.45) is 0. The molecule has 0 spiro atoms. The number of para-hydroxylation sites is 9. The van der Waals surface area contributed by atoms with Crippen LogP contribution in [0.3, 0.4) is 0 Å². The molecule has 2 aliphatic rings. The molecule has 0 fully saturated rings. The Labute approximate surface area is 630 Å². The van der Waals surface area contributed by atoms with Crippen molar-refractivity contribution in [1.82, 2.24) is 18.3 Å². The van der Waals surface area contributed by atoms with Gasteiger partial charge < -0.3 is 32.5 Å². The standard InChI is InChI=1S/C98H71BN6O/c1-97(2,3)62-44-48-72-75-34-23-40-84(95(75)102(86(72)56-62)64-25-9-7-10-26-64)104-88-58-66(100-80-36-18-13-29-68(80)69-30-14-19-37-81(69)100)46-50-78(88)99-79-51-47-67(101-82-38-20-15-31-70(82)71-32-16-21-39-83(71)101)59-89(79)105(91-55-61(54-90(104)94(91)99)60-43-52-93-77(53-60)74-33-17-22-42-92(74)106-93)85-41-24-35-76-73-49-45-63(98(4,5)6)57-87(73)103(96(76)85)65-27-11-8-12-28-65/h7-59H,1-6H3/i23D,24D,34D,35D,40D,41D,44D,45D,48D,49D,56D,57D. The Morgan fingerprint density at radius 2 is 0.708 bits per heavy atom. The van der Waals surface area contributed by atoms with Gasteiger partial charge in [-0.3, -0.25) is 0 Å². The van der Waals surface area contributed by atoms with Gasteiger partial charge in [-0.05, 0) is 177 Å². The molecule has 0 saturated carbocycles. The van der Waals surface area contributed by atoms with E-state index in [0.717, 1.165) is 82.2 Å². The number of hydrogen-bond donors (Lipinski definition) is 0. The van der Waals surface area contributed by atoms with Gasteiger partial charge in [-0.15, -0.1) is 0 Å². The highest BCUT2D eigenvalue weighted by molar-refractivity contribution is 7.00. The summed E-state index contributed by atoms with van der Waals surface area (Å²) in [4.78, 5) is 4.10. The SMILES string of the molecule is [2H]c1c(C(C)(C)C)c([2H])c2c(c1[2H])c1c([2H])c([2H])c([2H])c(N3c4cc(-n5c6ccccc6c6ccccc65)ccc4B4c5ccc(-n6c7ccccc7c7ccccc76)cc5N(c5c([2H])c([2H])c([2H])c6c7c([2H])c([2H])c(C(C)(C)C)c([2H])c7n(-c7ccccc7)c56)c5cc(-c6ccc7oc8ccccc8c7c6)cc3c54)c1n2-c1ccccc1. The summed E-state index contributed by atoms with van der Waals surface area (Å²) in [5, 5.41) is 6.27. The van der Waals surface area contributed by atoms with Gasteiger partial charge in [-0.2, -0.15) is 0 Å². The van der Waals surface area contributed by atoms with Crippen molar-refractivity contribution in [3.05, 3.63) is 332 Å². The molecular weight excluding hydrogens is 1290 g/mol. The Morgan fingerprint density at radius 3 is 1.16 bits per heavy atom. The van der Waals surface area contributed by atoms with E-state index in [9.17, 15) is 16.4 Å². The molecule has 7 nitrogen and oxygen atoms in total. The second kappa shape index (κ2) is 22.2. The Bertz CT molecular complexity index is 7390. The third-order valence-electron chi connectivity index (χ3n) is 22.0. The van der Waals surface area contributed by atoms with Gasteiger partial charge in [0, 0.05) is 99.4 Å².